The number of hydrogen-bond acceptors (Lipinski definition) is 2. The van der Waals surface area contributed by atoms with E-state index in [1.54, 1.807) is 12.1 Å². The fourth-order valence-corrected chi connectivity index (χ4v) is 2.65. The highest BCUT2D eigenvalue weighted by Gasteiger charge is 2.43. The molecule has 1 aromatic carbocycles. The summed E-state index contributed by atoms with van der Waals surface area (Å²) in [4.78, 5) is 12.3. The van der Waals surface area contributed by atoms with E-state index < -0.39 is 0 Å². The first kappa shape index (κ1) is 14.6. The molecule has 0 bridgehead atoms. The lowest BCUT2D eigenvalue weighted by Crippen LogP contribution is -2.50. The quantitative estimate of drug-likeness (QED) is 0.896. The monoisotopic (exact) mass is 300 g/mol. The van der Waals surface area contributed by atoms with Crippen LogP contribution in [-0.4, -0.2) is 12.5 Å². The van der Waals surface area contributed by atoms with Gasteiger partial charge in [-0.3, -0.25) is 4.79 Å². The SMILES string of the molecule is CC(NC(=O)C1(CN)CCC1)c1ccc(Cl)c(Cl)c1. The fraction of sp³-hybridized carbons (Fsp3) is 0.500. The maximum atomic E-state index is 12.3. The molecule has 1 aliphatic rings. The van der Waals surface area contributed by atoms with Crippen molar-refractivity contribution in [2.75, 3.05) is 6.54 Å². The number of hydrogen-bond donors (Lipinski definition) is 2. The number of amides is 1. The molecule has 1 fully saturated rings. The number of nitrogens with one attached hydrogen (secondary N) is 1. The molecule has 3 N–H and O–H groups in total. The van der Waals surface area contributed by atoms with Crippen LogP contribution in [0.4, 0.5) is 0 Å². The number of rotatable bonds is 4. The third kappa shape index (κ3) is 2.88. The van der Waals surface area contributed by atoms with Crippen LogP contribution in [0.3, 0.4) is 0 Å². The fourth-order valence-electron chi connectivity index (χ4n) is 2.34. The molecule has 1 aromatic rings. The van der Waals surface area contributed by atoms with Crippen LogP contribution in [0.5, 0.6) is 0 Å². The van der Waals surface area contributed by atoms with Crippen molar-refractivity contribution in [2.24, 2.45) is 11.1 Å². The minimum atomic E-state index is -0.357. The average molecular weight is 301 g/mol. The average Bonchev–Trinajstić information content (AvgIpc) is 2.31. The van der Waals surface area contributed by atoms with Crippen LogP contribution in [0.2, 0.25) is 10.0 Å². The first-order valence-electron chi connectivity index (χ1n) is 6.44. The summed E-state index contributed by atoms with van der Waals surface area (Å²) >= 11 is 11.9. The van der Waals surface area contributed by atoms with Gasteiger partial charge in [-0.15, -0.1) is 0 Å². The molecule has 0 heterocycles. The molecule has 1 amide bonds. The van der Waals surface area contributed by atoms with Crippen molar-refractivity contribution in [3.8, 4) is 0 Å². The lowest BCUT2D eigenvalue weighted by Gasteiger charge is -2.39. The van der Waals surface area contributed by atoms with Crippen LogP contribution in [-0.2, 0) is 4.79 Å². The van der Waals surface area contributed by atoms with E-state index in [4.69, 9.17) is 28.9 Å². The molecule has 104 valence electrons. The van der Waals surface area contributed by atoms with Gasteiger partial charge in [-0.05, 0) is 37.5 Å². The second kappa shape index (κ2) is 5.70. The molecule has 0 aromatic heterocycles. The van der Waals surface area contributed by atoms with Crippen molar-refractivity contribution in [3.63, 3.8) is 0 Å². The molecule has 1 unspecified atom stereocenters. The van der Waals surface area contributed by atoms with E-state index in [9.17, 15) is 4.79 Å². The van der Waals surface area contributed by atoms with Crippen molar-refractivity contribution >= 4 is 29.1 Å². The first-order valence-corrected chi connectivity index (χ1v) is 7.20. The lowest BCUT2D eigenvalue weighted by molar-refractivity contribution is -0.135. The molecule has 1 aliphatic carbocycles. The van der Waals surface area contributed by atoms with Crippen molar-refractivity contribution in [1.82, 2.24) is 5.32 Å². The van der Waals surface area contributed by atoms with E-state index >= 15 is 0 Å². The Hall–Kier alpha value is -0.770. The van der Waals surface area contributed by atoms with E-state index in [2.05, 4.69) is 5.32 Å². The summed E-state index contributed by atoms with van der Waals surface area (Å²) < 4.78 is 0. The number of carbonyl (C=O) groups is 1. The van der Waals surface area contributed by atoms with Gasteiger partial charge in [0.05, 0.1) is 21.5 Å². The van der Waals surface area contributed by atoms with Gasteiger partial charge in [0.25, 0.3) is 0 Å². The Morgan fingerprint density at radius 2 is 2.11 bits per heavy atom. The van der Waals surface area contributed by atoms with E-state index in [1.165, 1.54) is 0 Å². The molecule has 1 atom stereocenters. The summed E-state index contributed by atoms with van der Waals surface area (Å²) in [5.41, 5.74) is 6.31. The van der Waals surface area contributed by atoms with Gasteiger partial charge in [-0.25, -0.2) is 0 Å². The molecule has 0 saturated heterocycles. The zero-order valence-corrected chi connectivity index (χ0v) is 12.4. The van der Waals surface area contributed by atoms with Gasteiger partial charge >= 0.3 is 0 Å². The zero-order valence-electron chi connectivity index (χ0n) is 10.9. The van der Waals surface area contributed by atoms with Gasteiger partial charge in [0.15, 0.2) is 0 Å². The van der Waals surface area contributed by atoms with Gasteiger partial charge in [-0.2, -0.15) is 0 Å². The highest BCUT2D eigenvalue weighted by Crippen LogP contribution is 2.40. The Morgan fingerprint density at radius 3 is 2.58 bits per heavy atom. The predicted octanol–water partition coefficient (Wildman–Crippen LogP) is 3.30. The maximum absolute atomic E-state index is 12.3. The molecule has 2 rings (SSSR count). The van der Waals surface area contributed by atoms with Crippen molar-refractivity contribution < 1.29 is 4.79 Å². The highest BCUT2D eigenvalue weighted by molar-refractivity contribution is 6.42. The Labute approximate surface area is 123 Å². The number of halogens is 2. The zero-order chi connectivity index (χ0) is 14.0. The first-order chi connectivity index (χ1) is 8.98. The molecule has 0 radical (unpaired) electrons. The van der Waals surface area contributed by atoms with E-state index in [-0.39, 0.29) is 17.4 Å². The number of benzene rings is 1. The largest absolute Gasteiger partial charge is 0.349 e. The third-order valence-corrected chi connectivity index (χ3v) is 4.71. The van der Waals surface area contributed by atoms with E-state index in [0.29, 0.717) is 16.6 Å². The van der Waals surface area contributed by atoms with Gasteiger partial charge in [-0.1, -0.05) is 35.7 Å². The molecule has 1 saturated carbocycles. The second-order valence-corrected chi connectivity index (χ2v) is 6.02. The lowest BCUT2D eigenvalue weighted by atomic mass is 9.68. The summed E-state index contributed by atoms with van der Waals surface area (Å²) in [6.07, 6.45) is 2.83. The van der Waals surface area contributed by atoms with Crippen LogP contribution in [0, 0.1) is 5.41 Å². The Bertz CT molecular complexity index is 481. The number of nitrogens with two attached hydrogens (primary N) is 1. The van der Waals surface area contributed by atoms with Gasteiger partial charge in [0.1, 0.15) is 0 Å². The summed E-state index contributed by atoms with van der Waals surface area (Å²) in [6.45, 7) is 2.34. The number of carbonyl (C=O) groups excluding carboxylic acids is 1. The molecular weight excluding hydrogens is 283 g/mol. The van der Waals surface area contributed by atoms with Gasteiger partial charge in [0.2, 0.25) is 5.91 Å². The van der Waals surface area contributed by atoms with Crippen LogP contribution < -0.4 is 11.1 Å². The van der Waals surface area contributed by atoms with Crippen LogP contribution in [0.1, 0.15) is 37.8 Å². The van der Waals surface area contributed by atoms with Crippen molar-refractivity contribution in [2.45, 2.75) is 32.2 Å². The predicted molar refractivity (Wildman–Crippen MR) is 78.4 cm³/mol. The molecule has 19 heavy (non-hydrogen) atoms. The Morgan fingerprint density at radius 1 is 1.42 bits per heavy atom. The Kier molecular flexibility index (Phi) is 4.39. The van der Waals surface area contributed by atoms with Gasteiger partial charge < -0.3 is 11.1 Å². The summed E-state index contributed by atoms with van der Waals surface area (Å²) in [7, 11) is 0. The van der Waals surface area contributed by atoms with E-state index in [1.807, 2.05) is 13.0 Å². The molecule has 0 aliphatic heterocycles. The Balaban J connectivity index is 2.06. The normalized spacial score (nSPS) is 18.5. The van der Waals surface area contributed by atoms with Crippen LogP contribution in [0.15, 0.2) is 18.2 Å². The third-order valence-electron chi connectivity index (χ3n) is 3.97. The summed E-state index contributed by atoms with van der Waals surface area (Å²) in [5, 5.41) is 4.03. The van der Waals surface area contributed by atoms with Gasteiger partial charge in [0, 0.05) is 6.54 Å². The minimum absolute atomic E-state index is 0.0415. The van der Waals surface area contributed by atoms with Crippen LogP contribution in [0.25, 0.3) is 0 Å². The van der Waals surface area contributed by atoms with Crippen molar-refractivity contribution in [1.29, 1.82) is 0 Å². The van der Waals surface area contributed by atoms with E-state index in [0.717, 1.165) is 24.8 Å². The standard InChI is InChI=1S/C14H18Cl2N2O/c1-9(10-3-4-11(15)12(16)7-10)18-13(19)14(8-17)5-2-6-14/h3-4,7,9H,2,5-6,8,17H2,1H3,(H,18,19). The highest BCUT2D eigenvalue weighted by atomic mass is 35.5. The smallest absolute Gasteiger partial charge is 0.227 e. The topological polar surface area (TPSA) is 55.1 Å². The van der Waals surface area contributed by atoms with Crippen molar-refractivity contribution in [3.05, 3.63) is 33.8 Å². The van der Waals surface area contributed by atoms with Crippen LogP contribution >= 0.6 is 23.2 Å². The molecule has 0 spiro atoms. The minimum Gasteiger partial charge on any atom is -0.349 e. The maximum Gasteiger partial charge on any atom is 0.227 e. The summed E-state index contributed by atoms with van der Waals surface area (Å²) in [5.74, 6) is 0.0415. The molecule has 5 heteroatoms. The molecular formula is C14H18Cl2N2O. The molecule has 3 nitrogen and oxygen atoms in total. The second-order valence-electron chi connectivity index (χ2n) is 5.21. The summed E-state index contributed by atoms with van der Waals surface area (Å²) in [6, 6.07) is 5.29.